The highest BCUT2D eigenvalue weighted by atomic mass is 19.3. The van der Waals surface area contributed by atoms with Gasteiger partial charge < -0.3 is 5.32 Å². The lowest BCUT2D eigenvalue weighted by molar-refractivity contribution is 0.139. The first kappa shape index (κ1) is 10.9. The van der Waals surface area contributed by atoms with Gasteiger partial charge >= 0.3 is 0 Å². The zero-order valence-corrected chi connectivity index (χ0v) is 8.45. The maximum absolute atomic E-state index is 11.8. The topological polar surface area (TPSA) is 12.0 Å². The summed E-state index contributed by atoms with van der Waals surface area (Å²) in [6, 6.07) is 0. The highest BCUT2D eigenvalue weighted by molar-refractivity contribution is 4.85. The molecular formula is C10H19F2N. The fourth-order valence-electron chi connectivity index (χ4n) is 2.14. The second-order valence-electron chi connectivity index (χ2n) is 4.63. The van der Waals surface area contributed by atoms with Gasteiger partial charge in [-0.15, -0.1) is 0 Å². The van der Waals surface area contributed by atoms with Gasteiger partial charge in [0.25, 0.3) is 6.43 Å². The van der Waals surface area contributed by atoms with Crippen LogP contribution in [-0.2, 0) is 0 Å². The van der Waals surface area contributed by atoms with E-state index in [-0.39, 0.29) is 6.54 Å². The molecule has 0 heterocycles. The summed E-state index contributed by atoms with van der Waals surface area (Å²) in [6.45, 7) is 5.05. The van der Waals surface area contributed by atoms with Gasteiger partial charge in [-0.3, -0.25) is 0 Å². The molecular weight excluding hydrogens is 172 g/mol. The van der Waals surface area contributed by atoms with E-state index in [2.05, 4.69) is 19.2 Å². The van der Waals surface area contributed by atoms with E-state index in [1.807, 2.05) is 0 Å². The summed E-state index contributed by atoms with van der Waals surface area (Å²) in [5.74, 6) is 0.575. The molecule has 0 radical (unpaired) electrons. The molecule has 0 aromatic heterocycles. The Balaban J connectivity index is 2.21. The Morgan fingerprint density at radius 3 is 2.62 bits per heavy atom. The zero-order valence-electron chi connectivity index (χ0n) is 8.45. The quantitative estimate of drug-likeness (QED) is 0.720. The molecule has 0 amide bonds. The fraction of sp³-hybridized carbons (Fsp3) is 1.00. The Bertz CT molecular complexity index is 157. The molecule has 0 aliphatic heterocycles. The van der Waals surface area contributed by atoms with Gasteiger partial charge in [-0.2, -0.15) is 0 Å². The molecule has 1 N–H and O–H groups in total. The standard InChI is InChI=1S/C10H19F2N/c1-10(2)5-3-4-8(10)6-13-7-9(11)12/h8-9,13H,3-7H2,1-2H3. The predicted octanol–water partition coefficient (Wildman–Crippen LogP) is 2.67. The highest BCUT2D eigenvalue weighted by Crippen LogP contribution is 2.41. The van der Waals surface area contributed by atoms with Gasteiger partial charge in [0, 0.05) is 0 Å². The van der Waals surface area contributed by atoms with Gasteiger partial charge in [-0.25, -0.2) is 8.78 Å². The molecule has 0 saturated heterocycles. The number of hydrogen-bond acceptors (Lipinski definition) is 1. The van der Waals surface area contributed by atoms with Crippen molar-refractivity contribution in [1.82, 2.24) is 5.32 Å². The minimum atomic E-state index is -2.22. The van der Waals surface area contributed by atoms with Crippen LogP contribution in [0, 0.1) is 11.3 Å². The fourth-order valence-corrected chi connectivity index (χ4v) is 2.14. The van der Waals surface area contributed by atoms with E-state index < -0.39 is 6.43 Å². The Morgan fingerprint density at radius 2 is 2.15 bits per heavy atom. The molecule has 1 saturated carbocycles. The molecule has 1 nitrogen and oxygen atoms in total. The average Bonchev–Trinajstić information content (AvgIpc) is 2.30. The van der Waals surface area contributed by atoms with Crippen LogP contribution in [0.1, 0.15) is 33.1 Å². The van der Waals surface area contributed by atoms with Crippen molar-refractivity contribution >= 4 is 0 Å². The van der Waals surface area contributed by atoms with E-state index in [1.54, 1.807) is 0 Å². The summed E-state index contributed by atoms with van der Waals surface area (Å²) in [5.41, 5.74) is 0.342. The van der Waals surface area contributed by atoms with Crippen LogP contribution >= 0.6 is 0 Å². The van der Waals surface area contributed by atoms with Crippen molar-refractivity contribution in [2.45, 2.75) is 39.5 Å². The van der Waals surface area contributed by atoms with E-state index in [0.29, 0.717) is 11.3 Å². The van der Waals surface area contributed by atoms with Gasteiger partial charge in [0.05, 0.1) is 6.54 Å². The van der Waals surface area contributed by atoms with E-state index in [9.17, 15) is 8.78 Å². The maximum atomic E-state index is 11.8. The normalized spacial score (nSPS) is 27.0. The molecule has 1 unspecified atom stereocenters. The van der Waals surface area contributed by atoms with Crippen molar-refractivity contribution in [3.63, 3.8) is 0 Å². The third kappa shape index (κ3) is 3.22. The first-order valence-electron chi connectivity index (χ1n) is 5.01. The third-order valence-electron chi connectivity index (χ3n) is 3.17. The van der Waals surface area contributed by atoms with Crippen LogP contribution in [0.3, 0.4) is 0 Å². The van der Waals surface area contributed by atoms with Crippen molar-refractivity contribution in [3.05, 3.63) is 0 Å². The van der Waals surface area contributed by atoms with Crippen LogP contribution in [0.25, 0.3) is 0 Å². The van der Waals surface area contributed by atoms with Gasteiger partial charge in [0.1, 0.15) is 0 Å². The van der Waals surface area contributed by atoms with Crippen LogP contribution in [0.15, 0.2) is 0 Å². The summed E-state index contributed by atoms with van der Waals surface area (Å²) in [5, 5.41) is 2.83. The predicted molar refractivity (Wildman–Crippen MR) is 50.0 cm³/mol. The molecule has 3 heteroatoms. The molecule has 0 aromatic carbocycles. The average molecular weight is 191 g/mol. The van der Waals surface area contributed by atoms with Crippen molar-refractivity contribution in [2.75, 3.05) is 13.1 Å². The summed E-state index contributed by atoms with van der Waals surface area (Å²) in [6.07, 6.45) is 1.44. The van der Waals surface area contributed by atoms with Crippen LogP contribution in [0.2, 0.25) is 0 Å². The molecule has 0 spiro atoms. The van der Waals surface area contributed by atoms with Crippen LogP contribution in [-0.4, -0.2) is 19.5 Å². The minimum Gasteiger partial charge on any atom is -0.311 e. The van der Waals surface area contributed by atoms with E-state index in [0.717, 1.165) is 6.54 Å². The van der Waals surface area contributed by atoms with Gasteiger partial charge in [-0.1, -0.05) is 20.3 Å². The maximum Gasteiger partial charge on any atom is 0.250 e. The van der Waals surface area contributed by atoms with Gasteiger partial charge in [-0.05, 0) is 30.7 Å². The highest BCUT2D eigenvalue weighted by Gasteiger charge is 2.33. The van der Waals surface area contributed by atoms with Crippen LogP contribution in [0.4, 0.5) is 8.78 Å². The number of halogens is 2. The summed E-state index contributed by atoms with van der Waals surface area (Å²) >= 11 is 0. The lowest BCUT2D eigenvalue weighted by Crippen LogP contribution is -2.32. The summed E-state index contributed by atoms with van der Waals surface area (Å²) in [4.78, 5) is 0. The Labute approximate surface area is 78.9 Å². The van der Waals surface area contributed by atoms with Crippen LogP contribution < -0.4 is 5.32 Å². The van der Waals surface area contributed by atoms with Crippen molar-refractivity contribution in [1.29, 1.82) is 0 Å². The Hall–Kier alpha value is -0.180. The Morgan fingerprint density at radius 1 is 1.46 bits per heavy atom. The second-order valence-corrected chi connectivity index (χ2v) is 4.63. The zero-order chi connectivity index (χ0) is 9.90. The molecule has 0 bridgehead atoms. The largest absolute Gasteiger partial charge is 0.311 e. The van der Waals surface area contributed by atoms with E-state index in [4.69, 9.17) is 0 Å². The molecule has 1 atom stereocenters. The van der Waals surface area contributed by atoms with Crippen LogP contribution in [0.5, 0.6) is 0 Å². The van der Waals surface area contributed by atoms with Gasteiger partial charge in [0.2, 0.25) is 0 Å². The molecule has 1 fully saturated rings. The lowest BCUT2D eigenvalue weighted by Gasteiger charge is -2.27. The summed E-state index contributed by atoms with van der Waals surface area (Å²) in [7, 11) is 0. The van der Waals surface area contributed by atoms with Crippen molar-refractivity contribution < 1.29 is 8.78 Å². The first-order valence-corrected chi connectivity index (χ1v) is 5.01. The van der Waals surface area contributed by atoms with E-state index >= 15 is 0 Å². The second kappa shape index (κ2) is 4.36. The number of hydrogen-bond donors (Lipinski definition) is 1. The monoisotopic (exact) mass is 191 g/mol. The molecule has 13 heavy (non-hydrogen) atoms. The smallest absolute Gasteiger partial charge is 0.250 e. The summed E-state index contributed by atoms with van der Waals surface area (Å²) < 4.78 is 23.7. The SMILES string of the molecule is CC1(C)CCCC1CNCC(F)F. The lowest BCUT2D eigenvalue weighted by atomic mass is 9.82. The van der Waals surface area contributed by atoms with Crippen molar-refractivity contribution in [2.24, 2.45) is 11.3 Å². The molecule has 1 aliphatic rings. The third-order valence-corrected chi connectivity index (χ3v) is 3.17. The molecule has 1 rings (SSSR count). The Kier molecular flexibility index (Phi) is 3.65. The van der Waals surface area contributed by atoms with Gasteiger partial charge in [0.15, 0.2) is 0 Å². The van der Waals surface area contributed by atoms with E-state index in [1.165, 1.54) is 19.3 Å². The molecule has 0 aromatic rings. The minimum absolute atomic E-state index is 0.160. The number of alkyl halides is 2. The van der Waals surface area contributed by atoms with Crippen molar-refractivity contribution in [3.8, 4) is 0 Å². The number of nitrogens with one attached hydrogen (secondary N) is 1. The first-order chi connectivity index (χ1) is 6.02. The molecule has 78 valence electrons. The number of rotatable bonds is 4. The molecule has 1 aliphatic carbocycles.